The molecule has 10 heteroatoms. The number of aromatic nitrogens is 1. The molecule has 0 saturated carbocycles. The first-order chi connectivity index (χ1) is 22.7. The molecule has 47 heavy (non-hydrogen) atoms. The van der Waals surface area contributed by atoms with Crippen molar-refractivity contribution in [1.82, 2.24) is 15.2 Å². The number of rotatable bonds is 11. The predicted octanol–water partition coefficient (Wildman–Crippen LogP) is 7.35. The van der Waals surface area contributed by atoms with Gasteiger partial charge in [0.25, 0.3) is 0 Å². The second-order valence-corrected chi connectivity index (χ2v) is 12.3. The van der Waals surface area contributed by atoms with Gasteiger partial charge in [0.1, 0.15) is 12.1 Å². The number of fused-ring (bicyclic) bond motifs is 1. The Morgan fingerprint density at radius 3 is 2.72 bits per heavy atom. The van der Waals surface area contributed by atoms with Crippen LogP contribution in [0.4, 0.5) is 4.39 Å². The van der Waals surface area contributed by atoms with Crippen LogP contribution in [0.25, 0.3) is 10.9 Å². The number of aliphatic imine (C=N–C) groups is 2. The molecule has 5 rings (SSSR count). The summed E-state index contributed by atoms with van der Waals surface area (Å²) in [5, 5.41) is 3.38. The molecule has 254 valence electrons. The van der Waals surface area contributed by atoms with Crippen LogP contribution in [0.15, 0.2) is 88.6 Å². The number of halogens is 1. The Labute approximate surface area is 278 Å². The highest BCUT2D eigenvalue weighted by Gasteiger charge is 2.39. The zero-order valence-corrected chi connectivity index (χ0v) is 28.5. The zero-order valence-electron chi connectivity index (χ0n) is 28.5. The van der Waals surface area contributed by atoms with Crippen molar-refractivity contribution in [3.63, 3.8) is 0 Å². The first-order valence-electron chi connectivity index (χ1n) is 16.3. The largest absolute Gasteiger partial charge is 0.494 e. The van der Waals surface area contributed by atoms with Crippen molar-refractivity contribution >= 4 is 23.1 Å². The highest BCUT2D eigenvalue weighted by molar-refractivity contribution is 6.03. The number of benzene rings is 1. The molecule has 2 saturated heterocycles. The van der Waals surface area contributed by atoms with E-state index < -0.39 is 11.9 Å². The number of allylic oxidation sites excluding steroid dienone is 4. The molecule has 3 aliphatic rings. The van der Waals surface area contributed by atoms with Gasteiger partial charge < -0.3 is 34.1 Å². The lowest BCUT2D eigenvalue weighted by Crippen LogP contribution is -2.43. The van der Waals surface area contributed by atoms with Gasteiger partial charge in [-0.3, -0.25) is 4.99 Å². The van der Waals surface area contributed by atoms with Crippen LogP contribution in [0.3, 0.4) is 0 Å². The highest BCUT2D eigenvalue weighted by atomic mass is 19.1. The third kappa shape index (κ3) is 9.68. The maximum atomic E-state index is 15.3. The average Bonchev–Trinajstić information content (AvgIpc) is 3.29. The van der Waals surface area contributed by atoms with Crippen LogP contribution in [-0.4, -0.2) is 74.7 Å². The molecule has 0 bridgehead atoms. The predicted molar refractivity (Wildman–Crippen MR) is 188 cm³/mol. The van der Waals surface area contributed by atoms with Gasteiger partial charge in [-0.1, -0.05) is 18.7 Å². The van der Waals surface area contributed by atoms with Crippen LogP contribution in [-0.2, 0) is 14.2 Å². The Balaban J connectivity index is 0.000000644. The smallest absolute Gasteiger partial charge is 0.226 e. The van der Waals surface area contributed by atoms with Gasteiger partial charge in [0, 0.05) is 39.8 Å². The summed E-state index contributed by atoms with van der Waals surface area (Å²) in [6, 6.07) is 4.70. The molecule has 1 atom stereocenters. The molecule has 3 aliphatic heterocycles. The van der Waals surface area contributed by atoms with Crippen LogP contribution in [0.1, 0.15) is 52.1 Å². The van der Waals surface area contributed by atoms with Crippen molar-refractivity contribution in [2.75, 3.05) is 46.6 Å². The van der Waals surface area contributed by atoms with E-state index in [2.05, 4.69) is 38.3 Å². The molecular weight excluding hydrogens is 597 g/mol. The number of H-pyrrole nitrogens is 1. The minimum atomic E-state index is -0.454. The number of likely N-dealkylation sites (tertiary alicyclic amines) is 1. The number of methoxy groups -OCH3 is 1. The summed E-state index contributed by atoms with van der Waals surface area (Å²) in [6.07, 6.45) is 13.3. The molecule has 1 aromatic heterocycles. The van der Waals surface area contributed by atoms with Gasteiger partial charge >= 0.3 is 0 Å². The fraction of sp³-hybridized carbons (Fsp3) is 0.459. The average molecular weight is 648 g/mol. The number of aromatic amines is 1. The molecule has 1 aromatic carbocycles. The fourth-order valence-corrected chi connectivity index (χ4v) is 5.80. The summed E-state index contributed by atoms with van der Waals surface area (Å²) in [4.78, 5) is 14.4. The van der Waals surface area contributed by atoms with E-state index in [0.717, 1.165) is 50.7 Å². The van der Waals surface area contributed by atoms with Gasteiger partial charge in [0.05, 0.1) is 33.0 Å². The second kappa shape index (κ2) is 17.1. The second-order valence-electron chi connectivity index (χ2n) is 12.3. The molecule has 0 radical (unpaired) electrons. The maximum Gasteiger partial charge on any atom is 0.226 e. The maximum absolute atomic E-state index is 15.3. The Bertz CT molecular complexity index is 1550. The Morgan fingerprint density at radius 1 is 1.26 bits per heavy atom. The van der Waals surface area contributed by atoms with Crippen molar-refractivity contribution in [1.29, 1.82) is 0 Å². The fourth-order valence-electron chi connectivity index (χ4n) is 5.80. The molecule has 2 N–H and O–H groups in total. The van der Waals surface area contributed by atoms with Gasteiger partial charge in [0.15, 0.2) is 17.3 Å². The quantitative estimate of drug-likeness (QED) is 0.151. The molecule has 2 aromatic rings. The zero-order chi connectivity index (χ0) is 33.8. The summed E-state index contributed by atoms with van der Waals surface area (Å²) in [5.74, 6) is 1.01. The molecule has 2 fully saturated rings. The number of nitrogens with zero attached hydrogens (tertiary/aromatic N) is 3. The SMILES string of the molecule is C=C(C)N/C=C\C.C=CC1N=CN=C(Oc2ccc3[nH]c(C)cc3c2F)/C1=C/C(OC)=C(\C)OCCCN1CCCC2(CC1)COC2. The Hall–Kier alpha value is -4.15. The topological polar surface area (TPSA) is 92.7 Å². The molecule has 0 amide bonds. The van der Waals surface area contributed by atoms with Gasteiger partial charge in [0.2, 0.25) is 5.90 Å². The summed E-state index contributed by atoms with van der Waals surface area (Å²) in [6.45, 7) is 20.8. The van der Waals surface area contributed by atoms with Crippen molar-refractivity contribution in [3.8, 4) is 5.75 Å². The summed E-state index contributed by atoms with van der Waals surface area (Å²) in [5.41, 5.74) is 3.58. The number of hydrogen-bond donors (Lipinski definition) is 2. The van der Waals surface area contributed by atoms with Crippen LogP contribution in [0.2, 0.25) is 0 Å². The van der Waals surface area contributed by atoms with E-state index in [1.165, 1.54) is 25.6 Å². The lowest BCUT2D eigenvalue weighted by molar-refractivity contribution is -0.119. The Morgan fingerprint density at radius 2 is 2.06 bits per heavy atom. The molecule has 1 spiro atoms. The third-order valence-corrected chi connectivity index (χ3v) is 8.48. The van der Waals surface area contributed by atoms with Gasteiger partial charge in [-0.15, -0.1) is 6.58 Å². The van der Waals surface area contributed by atoms with Crippen molar-refractivity contribution in [3.05, 3.63) is 90.1 Å². The first-order valence-corrected chi connectivity index (χ1v) is 16.3. The normalized spacial score (nSPS) is 20.5. The van der Waals surface area contributed by atoms with Gasteiger partial charge in [-0.2, -0.15) is 0 Å². The van der Waals surface area contributed by atoms with Crippen LogP contribution in [0, 0.1) is 18.2 Å². The summed E-state index contributed by atoms with van der Waals surface area (Å²) < 4.78 is 38.5. The van der Waals surface area contributed by atoms with Crippen molar-refractivity contribution < 1.29 is 23.3 Å². The van der Waals surface area contributed by atoms with E-state index in [-0.39, 0.29) is 11.6 Å². The number of nitrogens with one attached hydrogen (secondary N) is 2. The van der Waals surface area contributed by atoms with E-state index in [9.17, 15) is 0 Å². The number of hydrogen-bond acceptors (Lipinski definition) is 8. The lowest BCUT2D eigenvalue weighted by Gasteiger charge is -2.40. The summed E-state index contributed by atoms with van der Waals surface area (Å²) in [7, 11) is 1.59. The summed E-state index contributed by atoms with van der Waals surface area (Å²) >= 11 is 0. The lowest BCUT2D eigenvalue weighted by atomic mass is 9.79. The standard InChI is InChI=1S/C31H39FN4O4.C6H11N/c1-5-25-24(30(34-20-33-25)40-27-9-8-26-23(29(27)32)16-21(2)35-26)17-28(37-4)22(3)39-15-7-13-36-12-6-10-31(11-14-36)18-38-19-31;1-4-5-7-6(2)3/h5,8-9,16-17,20,25,35H,1,6-7,10-15,18-19H2,2-4H3;4-5,7H,2H2,1,3H3/b24-17+,28-22-;5-4-. The van der Waals surface area contributed by atoms with Crippen LogP contribution in [0.5, 0.6) is 5.75 Å². The van der Waals surface area contributed by atoms with Crippen molar-refractivity contribution in [2.45, 2.75) is 59.4 Å². The van der Waals surface area contributed by atoms with Gasteiger partial charge in [-0.25, -0.2) is 9.38 Å². The minimum Gasteiger partial charge on any atom is -0.494 e. The molecule has 4 heterocycles. The number of aryl methyl sites for hydroxylation is 1. The highest BCUT2D eigenvalue weighted by Crippen LogP contribution is 2.38. The third-order valence-electron chi connectivity index (χ3n) is 8.48. The van der Waals surface area contributed by atoms with E-state index in [1.807, 2.05) is 40.0 Å². The first kappa shape index (κ1) is 35.7. The van der Waals surface area contributed by atoms with Gasteiger partial charge in [-0.05, 0) is 96.9 Å². The molecule has 9 nitrogen and oxygen atoms in total. The number of ether oxygens (including phenoxy) is 4. The van der Waals surface area contributed by atoms with E-state index in [4.69, 9.17) is 18.9 Å². The van der Waals surface area contributed by atoms with Crippen molar-refractivity contribution in [2.24, 2.45) is 15.4 Å². The van der Waals surface area contributed by atoms with E-state index >= 15 is 4.39 Å². The van der Waals surface area contributed by atoms with Crippen LogP contribution < -0.4 is 10.1 Å². The minimum absolute atomic E-state index is 0.0782. The van der Waals surface area contributed by atoms with Crippen LogP contribution >= 0.6 is 0 Å². The van der Waals surface area contributed by atoms with E-state index in [1.54, 1.807) is 37.5 Å². The molecule has 1 unspecified atom stereocenters. The monoisotopic (exact) mass is 647 g/mol. The van der Waals surface area contributed by atoms with E-state index in [0.29, 0.717) is 40.0 Å². The molecule has 0 aliphatic carbocycles. The molecular formula is C37H50FN5O4. The Kier molecular flexibility index (Phi) is 13.0.